The normalized spacial score (nSPS) is 12.7. The first kappa shape index (κ1) is 12.9. The van der Waals surface area contributed by atoms with E-state index in [2.05, 4.69) is 6.92 Å². The van der Waals surface area contributed by atoms with Crippen molar-refractivity contribution >= 4 is 34.5 Å². The molecule has 0 aliphatic rings. The van der Waals surface area contributed by atoms with Crippen LogP contribution in [0.15, 0.2) is 30.3 Å². The zero-order valence-electron chi connectivity index (χ0n) is 9.21. The Morgan fingerprint density at radius 3 is 2.65 bits per heavy atom. The van der Waals surface area contributed by atoms with Gasteiger partial charge in [-0.25, -0.2) is 4.39 Å². The third-order valence-electron chi connectivity index (χ3n) is 2.53. The molecule has 1 atom stereocenters. The number of hydrogen-bond donors (Lipinski definition) is 0. The van der Waals surface area contributed by atoms with Crippen molar-refractivity contribution in [3.05, 3.63) is 56.5 Å². The van der Waals surface area contributed by atoms with E-state index in [4.69, 9.17) is 23.2 Å². The van der Waals surface area contributed by atoms with E-state index in [0.29, 0.717) is 10.6 Å². The van der Waals surface area contributed by atoms with Crippen molar-refractivity contribution in [2.24, 2.45) is 0 Å². The molecule has 90 valence electrons. The van der Waals surface area contributed by atoms with Gasteiger partial charge in [0.2, 0.25) is 0 Å². The minimum Gasteiger partial charge on any atom is -0.207 e. The van der Waals surface area contributed by atoms with Crippen LogP contribution in [0, 0.1) is 5.82 Å². The number of aryl methyl sites for hydroxylation is 1. The number of hydrogen-bond acceptors (Lipinski definition) is 1. The predicted molar refractivity (Wildman–Crippen MR) is 72.8 cm³/mol. The van der Waals surface area contributed by atoms with Crippen LogP contribution in [-0.2, 0) is 6.42 Å². The second-order valence-corrected chi connectivity index (χ2v) is 5.70. The van der Waals surface area contributed by atoms with Gasteiger partial charge >= 0.3 is 0 Å². The fourth-order valence-electron chi connectivity index (χ4n) is 1.62. The fourth-order valence-corrected chi connectivity index (χ4v) is 3.31. The van der Waals surface area contributed by atoms with Crippen molar-refractivity contribution in [1.82, 2.24) is 0 Å². The van der Waals surface area contributed by atoms with Crippen LogP contribution in [0.1, 0.15) is 27.6 Å². The molecule has 0 N–H and O–H groups in total. The summed E-state index contributed by atoms with van der Waals surface area (Å²) in [7, 11) is 0. The lowest BCUT2D eigenvalue weighted by molar-refractivity contribution is 0.613. The van der Waals surface area contributed by atoms with E-state index in [-0.39, 0.29) is 5.82 Å². The van der Waals surface area contributed by atoms with Gasteiger partial charge in [-0.1, -0.05) is 24.6 Å². The Balaban J connectivity index is 2.39. The average molecular weight is 289 g/mol. The van der Waals surface area contributed by atoms with Crippen molar-refractivity contribution in [3.63, 3.8) is 0 Å². The third-order valence-corrected chi connectivity index (χ3v) is 4.74. The highest BCUT2D eigenvalue weighted by molar-refractivity contribution is 7.12. The SMILES string of the molecule is CCc1ccc(C(Cl)c2c(F)cccc2Cl)s1. The topological polar surface area (TPSA) is 0 Å². The Morgan fingerprint density at radius 2 is 2.06 bits per heavy atom. The van der Waals surface area contributed by atoms with Gasteiger partial charge in [0, 0.05) is 20.3 Å². The second kappa shape index (κ2) is 5.38. The number of halogens is 3. The molecule has 0 aliphatic heterocycles. The molecule has 17 heavy (non-hydrogen) atoms. The Bertz CT molecular complexity index is 502. The van der Waals surface area contributed by atoms with Crippen molar-refractivity contribution in [1.29, 1.82) is 0 Å². The summed E-state index contributed by atoms with van der Waals surface area (Å²) in [4.78, 5) is 2.16. The lowest BCUT2D eigenvalue weighted by atomic mass is 10.1. The standard InChI is InChI=1S/C13H11Cl2FS/c1-2-8-6-7-11(17-8)13(15)12-9(14)4-3-5-10(12)16/h3-7,13H,2H2,1H3. The maximum Gasteiger partial charge on any atom is 0.129 e. The van der Waals surface area contributed by atoms with Crippen LogP contribution in [0.25, 0.3) is 0 Å². The molecule has 1 aromatic heterocycles. The summed E-state index contributed by atoms with van der Waals surface area (Å²) >= 11 is 13.9. The lowest BCUT2D eigenvalue weighted by Crippen LogP contribution is -1.95. The predicted octanol–water partition coefficient (Wildman–Crippen LogP) is 5.43. The van der Waals surface area contributed by atoms with E-state index in [1.165, 1.54) is 10.9 Å². The van der Waals surface area contributed by atoms with Crippen LogP contribution >= 0.6 is 34.5 Å². The molecule has 4 heteroatoms. The first-order valence-electron chi connectivity index (χ1n) is 5.30. The average Bonchev–Trinajstić information content (AvgIpc) is 2.77. The monoisotopic (exact) mass is 288 g/mol. The van der Waals surface area contributed by atoms with Gasteiger partial charge in [0.15, 0.2) is 0 Å². The molecule has 2 rings (SSSR count). The largest absolute Gasteiger partial charge is 0.207 e. The van der Waals surface area contributed by atoms with Crippen LogP contribution in [0.2, 0.25) is 5.02 Å². The second-order valence-electron chi connectivity index (χ2n) is 3.66. The molecular weight excluding hydrogens is 278 g/mol. The number of alkyl halides is 1. The zero-order valence-corrected chi connectivity index (χ0v) is 11.5. The van der Waals surface area contributed by atoms with Gasteiger partial charge in [-0.15, -0.1) is 22.9 Å². The molecule has 2 aromatic rings. The minimum atomic E-state index is -0.519. The fraction of sp³-hybridized carbons (Fsp3) is 0.231. The molecule has 0 fully saturated rings. The number of benzene rings is 1. The quantitative estimate of drug-likeness (QED) is 0.661. The van der Waals surface area contributed by atoms with Gasteiger partial charge in [-0.2, -0.15) is 0 Å². The maximum atomic E-state index is 13.7. The highest BCUT2D eigenvalue weighted by atomic mass is 35.5. The third kappa shape index (κ3) is 2.65. The number of thiophene rings is 1. The molecular formula is C13H11Cl2FS. The van der Waals surface area contributed by atoms with Gasteiger partial charge in [-0.3, -0.25) is 0 Å². The highest BCUT2D eigenvalue weighted by Crippen LogP contribution is 2.38. The molecule has 0 aliphatic carbocycles. The van der Waals surface area contributed by atoms with Crippen LogP contribution in [0.4, 0.5) is 4.39 Å². The van der Waals surface area contributed by atoms with Gasteiger partial charge in [0.25, 0.3) is 0 Å². The molecule has 0 spiro atoms. The summed E-state index contributed by atoms with van der Waals surface area (Å²) in [6.45, 7) is 2.08. The summed E-state index contributed by atoms with van der Waals surface area (Å²) in [6.07, 6.45) is 0.958. The summed E-state index contributed by atoms with van der Waals surface area (Å²) in [6, 6.07) is 8.57. The first-order chi connectivity index (χ1) is 8.13. The Kier molecular flexibility index (Phi) is 4.08. The van der Waals surface area contributed by atoms with Crippen LogP contribution in [-0.4, -0.2) is 0 Å². The highest BCUT2D eigenvalue weighted by Gasteiger charge is 2.19. The smallest absolute Gasteiger partial charge is 0.129 e. The molecule has 0 bridgehead atoms. The molecule has 1 heterocycles. The van der Waals surface area contributed by atoms with Gasteiger partial charge < -0.3 is 0 Å². The van der Waals surface area contributed by atoms with E-state index < -0.39 is 5.38 Å². The molecule has 0 saturated heterocycles. The Hall–Kier alpha value is -0.570. The maximum absolute atomic E-state index is 13.7. The summed E-state index contributed by atoms with van der Waals surface area (Å²) < 4.78 is 13.7. The van der Waals surface area contributed by atoms with Gasteiger partial charge in [0.05, 0.1) is 5.38 Å². The molecule has 0 saturated carbocycles. The van der Waals surface area contributed by atoms with Crippen LogP contribution in [0.3, 0.4) is 0 Å². The van der Waals surface area contributed by atoms with Crippen molar-refractivity contribution < 1.29 is 4.39 Å². The Morgan fingerprint density at radius 1 is 1.29 bits per heavy atom. The van der Waals surface area contributed by atoms with E-state index in [1.807, 2.05) is 12.1 Å². The molecule has 0 nitrogen and oxygen atoms in total. The summed E-state index contributed by atoms with van der Waals surface area (Å²) in [5, 5.41) is -0.148. The Labute approximate surface area is 114 Å². The van der Waals surface area contributed by atoms with E-state index >= 15 is 0 Å². The van der Waals surface area contributed by atoms with E-state index in [0.717, 1.165) is 11.3 Å². The lowest BCUT2D eigenvalue weighted by Gasteiger charge is -2.10. The molecule has 1 aromatic carbocycles. The number of rotatable bonds is 3. The van der Waals surface area contributed by atoms with Crippen LogP contribution < -0.4 is 0 Å². The molecule has 0 amide bonds. The first-order valence-corrected chi connectivity index (χ1v) is 6.93. The van der Waals surface area contributed by atoms with Gasteiger partial charge in [0.1, 0.15) is 5.82 Å². The zero-order chi connectivity index (χ0) is 12.4. The molecule has 1 unspecified atom stereocenters. The van der Waals surface area contributed by atoms with Crippen LogP contribution in [0.5, 0.6) is 0 Å². The van der Waals surface area contributed by atoms with Crippen molar-refractivity contribution in [2.45, 2.75) is 18.7 Å². The van der Waals surface area contributed by atoms with Crippen molar-refractivity contribution in [3.8, 4) is 0 Å². The summed E-state index contributed by atoms with van der Waals surface area (Å²) in [5.41, 5.74) is 0.361. The van der Waals surface area contributed by atoms with E-state index in [1.54, 1.807) is 23.5 Å². The minimum absolute atomic E-state index is 0.357. The van der Waals surface area contributed by atoms with E-state index in [9.17, 15) is 4.39 Å². The molecule has 0 radical (unpaired) electrons. The summed E-state index contributed by atoms with van der Waals surface area (Å²) in [5.74, 6) is -0.357. The van der Waals surface area contributed by atoms with Crippen molar-refractivity contribution in [2.75, 3.05) is 0 Å². The van der Waals surface area contributed by atoms with Gasteiger partial charge in [-0.05, 0) is 30.7 Å².